The van der Waals surface area contributed by atoms with Crippen molar-refractivity contribution in [2.75, 3.05) is 13.2 Å². The summed E-state index contributed by atoms with van der Waals surface area (Å²) in [5, 5.41) is 6.70. The summed E-state index contributed by atoms with van der Waals surface area (Å²) in [6.07, 6.45) is 0.695. The summed E-state index contributed by atoms with van der Waals surface area (Å²) < 4.78 is 5.03. The van der Waals surface area contributed by atoms with E-state index in [0.717, 1.165) is 21.6 Å². The molecule has 0 radical (unpaired) electrons. The summed E-state index contributed by atoms with van der Waals surface area (Å²) in [5.74, 6) is -1.25. The van der Waals surface area contributed by atoms with Crippen LogP contribution < -0.4 is 10.6 Å². The van der Waals surface area contributed by atoms with Gasteiger partial charge in [-0.2, -0.15) is 0 Å². The predicted octanol–water partition coefficient (Wildman–Crippen LogP) is 2.90. The lowest BCUT2D eigenvalue weighted by molar-refractivity contribution is -0.123. The Labute approximate surface area is 156 Å². The number of amides is 3. The minimum absolute atomic E-state index is 0.418. The van der Waals surface area contributed by atoms with E-state index in [0.29, 0.717) is 18.5 Å². The molecular weight excluding hydrogens is 352 g/mol. The van der Waals surface area contributed by atoms with Crippen LogP contribution >= 0.6 is 11.3 Å². The van der Waals surface area contributed by atoms with Crippen molar-refractivity contribution in [2.24, 2.45) is 0 Å². The Balaban J connectivity index is 1.75. The van der Waals surface area contributed by atoms with E-state index in [2.05, 4.69) is 10.6 Å². The number of benzene rings is 1. The van der Waals surface area contributed by atoms with Crippen LogP contribution in [0.1, 0.15) is 31.9 Å². The summed E-state index contributed by atoms with van der Waals surface area (Å²) in [6.45, 7) is 5.49. The van der Waals surface area contributed by atoms with Gasteiger partial charge in [0.1, 0.15) is 0 Å². The van der Waals surface area contributed by atoms with Crippen molar-refractivity contribution in [3.8, 4) is 0 Å². The van der Waals surface area contributed by atoms with E-state index in [4.69, 9.17) is 4.74 Å². The molecule has 0 atom stereocenters. The van der Waals surface area contributed by atoms with Crippen molar-refractivity contribution >= 4 is 29.2 Å². The second-order valence-electron chi connectivity index (χ2n) is 5.98. The van der Waals surface area contributed by atoms with Crippen LogP contribution in [0.25, 0.3) is 0 Å². The number of hydrogen-bond acceptors (Lipinski definition) is 5. The van der Waals surface area contributed by atoms with Crippen molar-refractivity contribution in [3.63, 3.8) is 0 Å². The van der Waals surface area contributed by atoms with E-state index in [1.165, 1.54) is 0 Å². The molecule has 1 heterocycles. The number of ether oxygens (including phenoxy) is 1. The molecule has 0 aliphatic carbocycles. The quantitative estimate of drug-likeness (QED) is 0.762. The number of aryl methyl sites for hydroxylation is 3. The Morgan fingerprint density at radius 3 is 2.42 bits per heavy atom. The van der Waals surface area contributed by atoms with E-state index in [-0.39, 0.29) is 0 Å². The van der Waals surface area contributed by atoms with Gasteiger partial charge in [0.05, 0.1) is 5.56 Å². The molecule has 6 nitrogen and oxygen atoms in total. The molecule has 1 aromatic heterocycles. The van der Waals surface area contributed by atoms with Gasteiger partial charge in [-0.3, -0.25) is 10.1 Å². The van der Waals surface area contributed by atoms with E-state index >= 15 is 0 Å². The fourth-order valence-corrected chi connectivity index (χ4v) is 3.38. The molecule has 2 N–H and O–H groups in total. The first-order chi connectivity index (χ1) is 12.4. The Bertz CT molecular complexity index is 777. The molecule has 0 saturated heterocycles. The number of nitrogens with one attached hydrogen (secondary N) is 2. The van der Waals surface area contributed by atoms with Crippen molar-refractivity contribution in [1.29, 1.82) is 0 Å². The third kappa shape index (κ3) is 5.70. The normalized spacial score (nSPS) is 10.3. The minimum Gasteiger partial charge on any atom is -0.452 e. The third-order valence-corrected chi connectivity index (χ3v) is 4.64. The molecule has 1 aromatic carbocycles. The smallest absolute Gasteiger partial charge is 0.339 e. The second kappa shape index (κ2) is 9.15. The maximum Gasteiger partial charge on any atom is 0.339 e. The van der Waals surface area contributed by atoms with Crippen molar-refractivity contribution in [1.82, 2.24) is 10.6 Å². The van der Waals surface area contributed by atoms with Crippen molar-refractivity contribution in [3.05, 3.63) is 56.8 Å². The number of carbonyl (C=O) groups is 3. The van der Waals surface area contributed by atoms with E-state index in [1.54, 1.807) is 11.3 Å². The lowest BCUT2D eigenvalue weighted by Crippen LogP contribution is -2.42. The highest BCUT2D eigenvalue weighted by Crippen LogP contribution is 2.17. The zero-order chi connectivity index (χ0) is 19.1. The Morgan fingerprint density at radius 1 is 1.12 bits per heavy atom. The Morgan fingerprint density at radius 2 is 1.81 bits per heavy atom. The van der Waals surface area contributed by atoms with Gasteiger partial charge in [0.2, 0.25) is 0 Å². The number of rotatable bonds is 6. The van der Waals surface area contributed by atoms with Crippen LogP contribution in [-0.2, 0) is 16.0 Å². The summed E-state index contributed by atoms with van der Waals surface area (Å²) >= 11 is 1.60. The summed E-state index contributed by atoms with van der Waals surface area (Å²) in [6, 6.07) is 7.07. The molecule has 0 fully saturated rings. The molecule has 26 heavy (non-hydrogen) atoms. The average molecular weight is 374 g/mol. The fraction of sp³-hybridized carbons (Fsp3) is 0.316. The Hall–Kier alpha value is -2.67. The first-order valence-electron chi connectivity index (χ1n) is 8.22. The molecule has 2 rings (SSSR count). The van der Waals surface area contributed by atoms with Crippen LogP contribution in [0.15, 0.2) is 29.6 Å². The van der Waals surface area contributed by atoms with E-state index in [1.807, 2.05) is 50.4 Å². The molecule has 2 aromatic rings. The molecule has 0 bridgehead atoms. The molecule has 138 valence electrons. The number of carbonyl (C=O) groups excluding carboxylic acids is 3. The number of esters is 1. The van der Waals surface area contributed by atoms with Crippen LogP contribution in [0.3, 0.4) is 0 Å². The lowest BCUT2D eigenvalue weighted by atomic mass is 10.00. The van der Waals surface area contributed by atoms with Gasteiger partial charge in [-0.1, -0.05) is 23.8 Å². The van der Waals surface area contributed by atoms with Gasteiger partial charge < -0.3 is 10.1 Å². The summed E-state index contributed by atoms with van der Waals surface area (Å²) in [4.78, 5) is 36.8. The highest BCUT2D eigenvalue weighted by atomic mass is 32.1. The van der Waals surface area contributed by atoms with Gasteiger partial charge >= 0.3 is 12.0 Å². The molecule has 0 spiro atoms. The third-order valence-electron chi connectivity index (χ3n) is 3.71. The van der Waals surface area contributed by atoms with Gasteiger partial charge in [-0.05, 0) is 49.8 Å². The van der Waals surface area contributed by atoms with Gasteiger partial charge in [0.25, 0.3) is 5.91 Å². The first kappa shape index (κ1) is 19.7. The van der Waals surface area contributed by atoms with Gasteiger partial charge in [0.15, 0.2) is 6.61 Å². The SMILES string of the molecule is Cc1cc(C)c(C(=O)OCC(=O)NC(=O)NCCc2cccs2)c(C)c1. The Kier molecular flexibility index (Phi) is 6.91. The van der Waals surface area contributed by atoms with Gasteiger partial charge in [-0.25, -0.2) is 9.59 Å². The lowest BCUT2D eigenvalue weighted by Gasteiger charge is -2.11. The number of imide groups is 1. The largest absolute Gasteiger partial charge is 0.452 e. The molecule has 0 saturated carbocycles. The molecule has 3 amide bonds. The van der Waals surface area contributed by atoms with Crippen LogP contribution in [0.5, 0.6) is 0 Å². The standard InChI is InChI=1S/C19H22N2O4S/c1-12-9-13(2)17(14(3)10-12)18(23)25-11-16(22)21-19(24)20-7-6-15-5-4-8-26-15/h4-5,8-10H,6-7,11H2,1-3H3,(H2,20,21,22,24). The van der Waals surface area contributed by atoms with Crippen LogP contribution in [0.2, 0.25) is 0 Å². The number of urea groups is 1. The van der Waals surface area contributed by atoms with E-state index in [9.17, 15) is 14.4 Å². The van der Waals surface area contributed by atoms with Crippen molar-refractivity contribution in [2.45, 2.75) is 27.2 Å². The molecule has 0 unspecified atom stereocenters. The van der Waals surface area contributed by atoms with Gasteiger partial charge in [-0.15, -0.1) is 11.3 Å². The average Bonchev–Trinajstić information content (AvgIpc) is 3.05. The maximum absolute atomic E-state index is 12.2. The molecular formula is C19H22N2O4S. The zero-order valence-corrected chi connectivity index (χ0v) is 15.9. The zero-order valence-electron chi connectivity index (χ0n) is 15.0. The number of thiophene rings is 1. The maximum atomic E-state index is 12.2. The molecule has 7 heteroatoms. The van der Waals surface area contributed by atoms with Crippen LogP contribution in [-0.4, -0.2) is 31.1 Å². The number of hydrogen-bond donors (Lipinski definition) is 2. The predicted molar refractivity (Wildman–Crippen MR) is 100 cm³/mol. The topological polar surface area (TPSA) is 84.5 Å². The fourth-order valence-electron chi connectivity index (χ4n) is 2.67. The highest BCUT2D eigenvalue weighted by molar-refractivity contribution is 7.09. The van der Waals surface area contributed by atoms with Crippen molar-refractivity contribution < 1.29 is 19.1 Å². The van der Waals surface area contributed by atoms with Crippen LogP contribution in [0.4, 0.5) is 4.79 Å². The summed E-state index contributed by atoms with van der Waals surface area (Å²) in [5.41, 5.74) is 3.08. The van der Waals surface area contributed by atoms with E-state index < -0.39 is 24.5 Å². The first-order valence-corrected chi connectivity index (χ1v) is 9.10. The summed E-state index contributed by atoms with van der Waals surface area (Å²) in [7, 11) is 0. The molecule has 0 aliphatic rings. The second-order valence-corrected chi connectivity index (χ2v) is 7.02. The highest BCUT2D eigenvalue weighted by Gasteiger charge is 2.16. The monoisotopic (exact) mass is 374 g/mol. The molecule has 0 aliphatic heterocycles. The minimum atomic E-state index is -0.672. The van der Waals surface area contributed by atoms with Crippen LogP contribution in [0, 0.1) is 20.8 Å². The van der Waals surface area contributed by atoms with Gasteiger partial charge in [0, 0.05) is 11.4 Å².